The number of hydrogen-bond donors (Lipinski definition) is 3. The molecule has 0 unspecified atom stereocenters. The molecule has 0 aliphatic rings. The van der Waals surface area contributed by atoms with Crippen LogP contribution in [0.1, 0.15) is 6.92 Å². The highest BCUT2D eigenvalue weighted by Gasteiger charge is 2.23. The number of phosphoric ester groups is 1. The predicted molar refractivity (Wildman–Crippen MR) is 39.7 cm³/mol. The van der Waals surface area contributed by atoms with E-state index in [0.717, 1.165) is 6.92 Å². The van der Waals surface area contributed by atoms with E-state index in [-0.39, 0.29) is 0 Å². The molecule has 0 amide bonds. The second-order valence-electron chi connectivity index (χ2n) is 2.22. The molecule has 0 aliphatic heterocycles. The summed E-state index contributed by atoms with van der Waals surface area (Å²) in [6, 6.07) is 0. The zero-order valence-corrected chi connectivity index (χ0v) is 7.60. The lowest BCUT2D eigenvalue weighted by Crippen LogP contribution is -2.30. The minimum absolute atomic E-state index is 0.900. The molecular formula is C5H9O7P. The largest absolute Gasteiger partial charge is 0.469 e. The van der Waals surface area contributed by atoms with Gasteiger partial charge in [0.05, 0.1) is 6.61 Å². The highest BCUT2D eigenvalue weighted by atomic mass is 31.2. The van der Waals surface area contributed by atoms with Crippen molar-refractivity contribution in [2.45, 2.75) is 13.0 Å². The molecule has 0 aliphatic carbocycles. The van der Waals surface area contributed by atoms with E-state index in [1.165, 1.54) is 0 Å². The Morgan fingerprint density at radius 2 is 1.92 bits per heavy atom. The van der Waals surface area contributed by atoms with Crippen LogP contribution in [0.5, 0.6) is 0 Å². The Morgan fingerprint density at radius 3 is 2.23 bits per heavy atom. The highest BCUT2D eigenvalue weighted by Crippen LogP contribution is 2.35. The molecule has 0 heterocycles. The summed E-state index contributed by atoms with van der Waals surface area (Å²) >= 11 is 0. The highest BCUT2D eigenvalue weighted by molar-refractivity contribution is 7.46. The molecule has 0 fully saturated rings. The van der Waals surface area contributed by atoms with Crippen LogP contribution in [0.4, 0.5) is 0 Å². The van der Waals surface area contributed by atoms with Crippen LogP contribution in [-0.4, -0.2) is 39.2 Å². The maximum atomic E-state index is 10.6. The Kier molecular flexibility index (Phi) is 4.38. The van der Waals surface area contributed by atoms with E-state index in [2.05, 4.69) is 4.52 Å². The standard InChI is InChI=1S/C5H9O7P/c1-3(6)5(8)4(7)2-12-13(9,10)11/h4,7H,2H2,1H3,(H2,9,10,11)/t4-/m1/s1. The zero-order chi connectivity index (χ0) is 10.6. The third kappa shape index (κ3) is 5.62. The van der Waals surface area contributed by atoms with Gasteiger partial charge < -0.3 is 14.9 Å². The van der Waals surface area contributed by atoms with Crippen molar-refractivity contribution in [1.82, 2.24) is 0 Å². The van der Waals surface area contributed by atoms with Crippen LogP contribution in [0.2, 0.25) is 0 Å². The third-order valence-corrected chi connectivity index (χ3v) is 1.54. The fraction of sp³-hybridized carbons (Fsp3) is 0.600. The van der Waals surface area contributed by atoms with Crippen molar-refractivity contribution in [2.75, 3.05) is 6.61 Å². The van der Waals surface area contributed by atoms with E-state index in [0.29, 0.717) is 0 Å². The van der Waals surface area contributed by atoms with Crippen molar-refractivity contribution in [2.24, 2.45) is 0 Å². The van der Waals surface area contributed by atoms with Gasteiger partial charge in [0.15, 0.2) is 5.78 Å². The summed E-state index contributed by atoms with van der Waals surface area (Å²) in [6.07, 6.45) is -1.83. The first-order valence-corrected chi connectivity index (χ1v) is 4.70. The fourth-order valence-corrected chi connectivity index (χ4v) is 0.813. The molecule has 7 nitrogen and oxygen atoms in total. The number of aliphatic hydroxyl groups is 1. The van der Waals surface area contributed by atoms with Gasteiger partial charge in [-0.05, 0) is 0 Å². The maximum Gasteiger partial charge on any atom is 0.469 e. The average molecular weight is 212 g/mol. The molecule has 1 atom stereocenters. The molecule has 0 radical (unpaired) electrons. The van der Waals surface area contributed by atoms with Crippen LogP contribution in [0.25, 0.3) is 0 Å². The normalized spacial score (nSPS) is 13.8. The van der Waals surface area contributed by atoms with Gasteiger partial charge in [-0.3, -0.25) is 14.1 Å². The molecule has 0 aromatic carbocycles. The summed E-state index contributed by atoms with van der Waals surface area (Å²) in [4.78, 5) is 37.3. The number of rotatable bonds is 5. The first kappa shape index (κ1) is 12.4. The Balaban J connectivity index is 4.03. The van der Waals surface area contributed by atoms with Crippen molar-refractivity contribution in [1.29, 1.82) is 0 Å². The van der Waals surface area contributed by atoms with Crippen molar-refractivity contribution >= 4 is 19.4 Å². The summed E-state index contributed by atoms with van der Waals surface area (Å²) < 4.78 is 13.9. The monoisotopic (exact) mass is 212 g/mol. The second kappa shape index (κ2) is 4.59. The van der Waals surface area contributed by atoms with Crippen LogP contribution in [0.3, 0.4) is 0 Å². The third-order valence-electron chi connectivity index (χ3n) is 1.05. The van der Waals surface area contributed by atoms with E-state index < -0.39 is 32.1 Å². The maximum absolute atomic E-state index is 10.6. The lowest BCUT2D eigenvalue weighted by atomic mass is 10.2. The van der Waals surface area contributed by atoms with Gasteiger partial charge in [-0.2, -0.15) is 0 Å². The molecule has 8 heteroatoms. The molecule has 13 heavy (non-hydrogen) atoms. The van der Waals surface area contributed by atoms with E-state index in [1.54, 1.807) is 0 Å². The number of hydrogen-bond acceptors (Lipinski definition) is 5. The number of ketones is 2. The number of Topliss-reactive ketones (excluding diaryl/α,β-unsaturated/α-hetero) is 2. The van der Waals surface area contributed by atoms with E-state index in [1.807, 2.05) is 0 Å². The van der Waals surface area contributed by atoms with Gasteiger partial charge >= 0.3 is 7.82 Å². The van der Waals surface area contributed by atoms with Crippen LogP contribution in [-0.2, 0) is 18.7 Å². The zero-order valence-electron chi connectivity index (χ0n) is 6.71. The Bertz CT molecular complexity index is 254. The predicted octanol–water partition coefficient (Wildman–Crippen LogP) is -1.39. The summed E-state index contributed by atoms with van der Waals surface area (Å²) in [5, 5.41) is 8.81. The minimum Gasteiger partial charge on any atom is -0.382 e. The summed E-state index contributed by atoms with van der Waals surface area (Å²) in [7, 11) is -4.71. The SMILES string of the molecule is CC(=O)C(=O)[C@H](O)COP(=O)(O)O. The topological polar surface area (TPSA) is 121 Å². The molecule has 0 aromatic heterocycles. The van der Waals surface area contributed by atoms with Crippen molar-refractivity contribution in [3.8, 4) is 0 Å². The smallest absolute Gasteiger partial charge is 0.382 e. The van der Waals surface area contributed by atoms with E-state index >= 15 is 0 Å². The van der Waals surface area contributed by atoms with Gasteiger partial charge in [-0.15, -0.1) is 0 Å². The number of carbonyl (C=O) groups is 2. The van der Waals surface area contributed by atoms with E-state index in [9.17, 15) is 14.2 Å². The number of phosphoric acid groups is 1. The number of aliphatic hydroxyl groups excluding tert-OH is 1. The Labute approximate surface area is 73.6 Å². The lowest BCUT2D eigenvalue weighted by Gasteiger charge is -2.08. The first-order valence-electron chi connectivity index (χ1n) is 3.17. The molecule has 76 valence electrons. The fourth-order valence-electron chi connectivity index (χ4n) is 0.478. The molecule has 0 spiro atoms. The lowest BCUT2D eigenvalue weighted by molar-refractivity contribution is -0.141. The second-order valence-corrected chi connectivity index (χ2v) is 3.46. The van der Waals surface area contributed by atoms with Crippen LogP contribution >= 0.6 is 7.82 Å². The summed E-state index contributed by atoms with van der Waals surface area (Å²) in [5.74, 6) is -2.05. The molecule has 0 bridgehead atoms. The molecule has 0 saturated heterocycles. The van der Waals surface area contributed by atoms with Gasteiger partial charge in [-0.25, -0.2) is 4.57 Å². The molecule has 0 aromatic rings. The van der Waals surface area contributed by atoms with Crippen LogP contribution in [0.15, 0.2) is 0 Å². The molecule has 0 rings (SSSR count). The minimum atomic E-state index is -4.71. The Hall–Kier alpha value is -0.590. The molecule has 3 N–H and O–H groups in total. The summed E-state index contributed by atoms with van der Waals surface area (Å²) in [6.45, 7) is 0.0335. The van der Waals surface area contributed by atoms with Gasteiger partial charge in [0.2, 0.25) is 5.78 Å². The van der Waals surface area contributed by atoms with Gasteiger partial charge in [-0.1, -0.05) is 0 Å². The average Bonchev–Trinajstić information content (AvgIpc) is 1.97. The number of carbonyl (C=O) groups excluding carboxylic acids is 2. The van der Waals surface area contributed by atoms with Gasteiger partial charge in [0.25, 0.3) is 0 Å². The van der Waals surface area contributed by atoms with Crippen molar-refractivity contribution in [3.05, 3.63) is 0 Å². The van der Waals surface area contributed by atoms with E-state index in [4.69, 9.17) is 14.9 Å². The quantitative estimate of drug-likeness (QED) is 0.379. The van der Waals surface area contributed by atoms with Gasteiger partial charge in [0, 0.05) is 6.92 Å². The van der Waals surface area contributed by atoms with Crippen LogP contribution in [0, 0.1) is 0 Å². The molecule has 0 saturated carbocycles. The Morgan fingerprint density at radius 1 is 1.46 bits per heavy atom. The van der Waals surface area contributed by atoms with Crippen LogP contribution < -0.4 is 0 Å². The van der Waals surface area contributed by atoms with Crippen molar-refractivity contribution < 1.29 is 33.6 Å². The summed E-state index contributed by atoms with van der Waals surface area (Å²) in [5.41, 5.74) is 0. The van der Waals surface area contributed by atoms with Gasteiger partial charge in [0.1, 0.15) is 6.10 Å². The van der Waals surface area contributed by atoms with Crippen molar-refractivity contribution in [3.63, 3.8) is 0 Å². The first-order chi connectivity index (χ1) is 5.74. The molecular weight excluding hydrogens is 203 g/mol.